The Morgan fingerprint density at radius 2 is 2.00 bits per heavy atom. The third-order valence-corrected chi connectivity index (χ3v) is 5.11. The van der Waals surface area contributed by atoms with Crippen molar-refractivity contribution in [2.75, 3.05) is 12.1 Å². The van der Waals surface area contributed by atoms with Crippen molar-refractivity contribution in [2.45, 2.75) is 19.9 Å². The third kappa shape index (κ3) is 2.80. The van der Waals surface area contributed by atoms with Crippen molar-refractivity contribution in [1.29, 1.82) is 0 Å². The number of anilines is 1. The lowest BCUT2D eigenvalue weighted by Gasteiger charge is -2.27. The summed E-state index contributed by atoms with van der Waals surface area (Å²) in [6.45, 7) is 4.00. The lowest BCUT2D eigenvalue weighted by atomic mass is 9.95. The Labute approximate surface area is 167 Å². The predicted octanol–water partition coefficient (Wildman–Crippen LogP) is 2.76. The third-order valence-electron chi connectivity index (χ3n) is 5.11. The highest BCUT2D eigenvalue weighted by Gasteiger charge is 2.34. The molecule has 2 aromatic carbocycles. The molecule has 3 aromatic rings. The molecule has 2 aliphatic rings. The van der Waals surface area contributed by atoms with Gasteiger partial charge in [-0.25, -0.2) is 4.68 Å². The zero-order valence-electron chi connectivity index (χ0n) is 16.0. The summed E-state index contributed by atoms with van der Waals surface area (Å²) in [6, 6.07) is 13.0. The molecule has 8 heteroatoms. The van der Waals surface area contributed by atoms with Crippen LogP contribution in [0.2, 0.25) is 0 Å². The van der Waals surface area contributed by atoms with Crippen LogP contribution in [0.4, 0.5) is 5.95 Å². The van der Waals surface area contributed by atoms with Crippen LogP contribution in [-0.2, 0) is 4.79 Å². The summed E-state index contributed by atoms with van der Waals surface area (Å²) in [6.07, 6.45) is 0. The van der Waals surface area contributed by atoms with Crippen molar-refractivity contribution in [1.82, 2.24) is 14.8 Å². The number of hydrogen-bond donors (Lipinski definition) is 2. The molecule has 0 saturated carbocycles. The average molecular weight is 389 g/mol. The molecule has 1 amide bonds. The first-order chi connectivity index (χ1) is 14.0. The topological polar surface area (TPSA) is 104 Å². The maximum atomic E-state index is 12.3. The summed E-state index contributed by atoms with van der Waals surface area (Å²) in [7, 11) is 0. The average Bonchev–Trinajstić information content (AvgIpc) is 3.32. The molecule has 0 spiro atoms. The summed E-state index contributed by atoms with van der Waals surface area (Å²) < 4.78 is 12.6. The second-order valence-electron chi connectivity index (χ2n) is 7.12. The first-order valence-corrected chi connectivity index (χ1v) is 9.22. The molecule has 0 unspecified atom stereocenters. The maximum absolute atomic E-state index is 12.3. The van der Waals surface area contributed by atoms with Crippen LogP contribution in [0.3, 0.4) is 0 Å². The Kier molecular flexibility index (Phi) is 3.80. The number of nitrogens with one attached hydrogen (secondary N) is 1. The van der Waals surface area contributed by atoms with Gasteiger partial charge in [-0.2, -0.15) is 4.98 Å². The smallest absolute Gasteiger partial charge is 0.248 e. The molecule has 3 heterocycles. The number of hydrogen-bond acceptors (Lipinski definition) is 6. The first kappa shape index (κ1) is 17.3. The number of allylic oxidation sites excluding steroid dienone is 1. The van der Waals surface area contributed by atoms with E-state index in [-0.39, 0.29) is 6.79 Å². The number of rotatable bonds is 3. The van der Waals surface area contributed by atoms with Crippen LogP contribution in [0, 0.1) is 6.92 Å². The minimum atomic E-state index is -0.524. The molecule has 29 heavy (non-hydrogen) atoms. The molecule has 0 radical (unpaired) electrons. The monoisotopic (exact) mass is 389 g/mol. The summed E-state index contributed by atoms with van der Waals surface area (Å²) >= 11 is 0. The molecule has 8 nitrogen and oxygen atoms in total. The molecule has 1 aromatic heterocycles. The van der Waals surface area contributed by atoms with E-state index < -0.39 is 11.9 Å². The molecular formula is C21H19N5O3. The van der Waals surface area contributed by atoms with Gasteiger partial charge in [-0.3, -0.25) is 4.79 Å². The van der Waals surface area contributed by atoms with Crippen molar-refractivity contribution >= 4 is 11.9 Å². The zero-order valence-corrected chi connectivity index (χ0v) is 16.0. The molecule has 0 saturated heterocycles. The van der Waals surface area contributed by atoms with Crippen molar-refractivity contribution in [3.05, 3.63) is 64.9 Å². The van der Waals surface area contributed by atoms with Crippen LogP contribution in [0.25, 0.3) is 11.4 Å². The Hall–Kier alpha value is -3.81. The fourth-order valence-corrected chi connectivity index (χ4v) is 3.77. The van der Waals surface area contributed by atoms with Gasteiger partial charge in [-0.05, 0) is 37.6 Å². The lowest BCUT2D eigenvalue weighted by molar-refractivity contribution is -0.115. The second-order valence-corrected chi connectivity index (χ2v) is 7.12. The number of benzene rings is 2. The number of carbonyl (C=O) groups is 1. The highest BCUT2D eigenvalue weighted by atomic mass is 16.7. The van der Waals surface area contributed by atoms with Crippen LogP contribution >= 0.6 is 0 Å². The number of carbonyl (C=O) groups excluding carboxylic acids is 1. The van der Waals surface area contributed by atoms with Crippen LogP contribution in [0.5, 0.6) is 11.5 Å². The number of nitrogens with two attached hydrogens (primary N) is 1. The van der Waals surface area contributed by atoms with Gasteiger partial charge in [0.05, 0.1) is 5.57 Å². The van der Waals surface area contributed by atoms with Gasteiger partial charge in [0.25, 0.3) is 0 Å². The van der Waals surface area contributed by atoms with E-state index in [1.165, 1.54) is 0 Å². The van der Waals surface area contributed by atoms with E-state index >= 15 is 0 Å². The standard InChI is InChI=1S/C21H19N5O3/c1-11-4-3-5-14(8-11)20-24-21-23-12(2)17(19(22)27)18(26(21)25-20)13-6-7-15-16(9-13)29-10-28-15/h3-9,18H,10H2,1-2H3,(H2,22,27)(H,23,24,25)/t18-/m0/s1. The maximum Gasteiger partial charge on any atom is 0.248 e. The van der Waals surface area contributed by atoms with Crippen molar-refractivity contribution in [3.8, 4) is 22.9 Å². The van der Waals surface area contributed by atoms with E-state index in [9.17, 15) is 4.79 Å². The molecule has 0 fully saturated rings. The van der Waals surface area contributed by atoms with Gasteiger partial charge in [-0.1, -0.05) is 29.8 Å². The van der Waals surface area contributed by atoms with Crippen LogP contribution < -0.4 is 20.5 Å². The predicted molar refractivity (Wildman–Crippen MR) is 106 cm³/mol. The largest absolute Gasteiger partial charge is 0.454 e. The first-order valence-electron chi connectivity index (χ1n) is 9.22. The van der Waals surface area contributed by atoms with Gasteiger partial charge >= 0.3 is 0 Å². The molecule has 2 aliphatic heterocycles. The van der Waals surface area contributed by atoms with E-state index in [4.69, 9.17) is 20.3 Å². The van der Waals surface area contributed by atoms with E-state index in [0.29, 0.717) is 34.5 Å². The zero-order chi connectivity index (χ0) is 20.1. The number of fused-ring (bicyclic) bond motifs is 2. The van der Waals surface area contributed by atoms with E-state index in [1.807, 2.05) is 56.3 Å². The minimum Gasteiger partial charge on any atom is -0.454 e. The van der Waals surface area contributed by atoms with Crippen LogP contribution in [0.1, 0.15) is 24.1 Å². The Bertz CT molecular complexity index is 1180. The molecule has 3 N–H and O–H groups in total. The normalized spacial score (nSPS) is 17.1. The van der Waals surface area contributed by atoms with E-state index in [0.717, 1.165) is 16.7 Å². The van der Waals surface area contributed by atoms with Crippen molar-refractivity contribution < 1.29 is 14.3 Å². The number of amides is 1. The van der Waals surface area contributed by atoms with Crippen molar-refractivity contribution in [2.24, 2.45) is 5.73 Å². The van der Waals surface area contributed by atoms with Gasteiger partial charge in [-0.15, -0.1) is 5.10 Å². The molecule has 146 valence electrons. The summed E-state index contributed by atoms with van der Waals surface area (Å²) in [5, 5.41) is 7.87. The van der Waals surface area contributed by atoms with Gasteiger partial charge in [0.1, 0.15) is 6.04 Å². The highest BCUT2D eigenvalue weighted by Crippen LogP contribution is 2.40. The molecule has 5 rings (SSSR count). The Balaban J connectivity index is 1.67. The van der Waals surface area contributed by atoms with Gasteiger partial charge in [0.15, 0.2) is 17.3 Å². The van der Waals surface area contributed by atoms with Crippen LogP contribution in [-0.4, -0.2) is 27.5 Å². The van der Waals surface area contributed by atoms with Gasteiger partial charge in [0.2, 0.25) is 18.6 Å². The Morgan fingerprint density at radius 3 is 2.79 bits per heavy atom. The summed E-state index contributed by atoms with van der Waals surface area (Å²) in [5.74, 6) is 1.90. The fourth-order valence-electron chi connectivity index (χ4n) is 3.77. The minimum absolute atomic E-state index is 0.175. The number of aryl methyl sites for hydroxylation is 1. The number of primary amides is 1. The summed E-state index contributed by atoms with van der Waals surface area (Å²) in [5.41, 5.74) is 9.64. The van der Waals surface area contributed by atoms with Gasteiger partial charge < -0.3 is 20.5 Å². The van der Waals surface area contributed by atoms with Crippen molar-refractivity contribution in [3.63, 3.8) is 0 Å². The lowest BCUT2D eigenvalue weighted by Crippen LogP contribution is -2.31. The van der Waals surface area contributed by atoms with Gasteiger partial charge in [0, 0.05) is 11.3 Å². The highest BCUT2D eigenvalue weighted by molar-refractivity contribution is 5.95. The van der Waals surface area contributed by atoms with E-state index in [1.54, 1.807) is 4.68 Å². The quantitative estimate of drug-likeness (QED) is 0.714. The molecule has 0 bridgehead atoms. The van der Waals surface area contributed by atoms with E-state index in [2.05, 4.69) is 10.3 Å². The second kappa shape index (κ2) is 6.37. The summed E-state index contributed by atoms with van der Waals surface area (Å²) in [4.78, 5) is 17.0. The number of aromatic nitrogens is 3. The molecular weight excluding hydrogens is 370 g/mol. The fraction of sp³-hybridized carbons (Fsp3) is 0.190. The number of ether oxygens (including phenoxy) is 2. The Morgan fingerprint density at radius 1 is 1.17 bits per heavy atom. The SMILES string of the molecule is CC1=C(C(N)=O)[C@H](c2ccc3c(c2)OCO3)n2nc(-c3cccc(C)c3)nc2N1. The molecule has 1 atom stereocenters. The molecule has 0 aliphatic carbocycles. The van der Waals surface area contributed by atoms with Crippen LogP contribution in [0.15, 0.2) is 53.7 Å². The number of nitrogens with zero attached hydrogens (tertiary/aromatic N) is 3.